The summed E-state index contributed by atoms with van der Waals surface area (Å²) >= 11 is 3.66. The number of nitrogens with zero attached hydrogens (tertiary/aromatic N) is 1. The molecule has 1 heterocycles. The van der Waals surface area contributed by atoms with Crippen molar-refractivity contribution in [3.63, 3.8) is 0 Å². The summed E-state index contributed by atoms with van der Waals surface area (Å²) in [4.78, 5) is 2.49. The molecule has 1 aromatic rings. The molecule has 2 N–H and O–H groups in total. The third-order valence-corrected chi connectivity index (χ3v) is 4.20. The summed E-state index contributed by atoms with van der Waals surface area (Å²) in [5.41, 5.74) is 8.47. The maximum Gasteiger partial charge on any atom is 0.0380 e. The quantitative estimate of drug-likeness (QED) is 0.927. The number of hydrogen-bond donors (Lipinski definition) is 1. The average Bonchev–Trinajstić information content (AvgIpc) is 2.67. The van der Waals surface area contributed by atoms with Crippen LogP contribution in [0, 0.1) is 0 Å². The molecule has 2 atom stereocenters. The van der Waals surface area contributed by atoms with E-state index in [-0.39, 0.29) is 6.04 Å². The highest BCUT2D eigenvalue weighted by Crippen LogP contribution is 2.29. The van der Waals surface area contributed by atoms with E-state index >= 15 is 0 Å². The van der Waals surface area contributed by atoms with E-state index in [0.29, 0.717) is 6.04 Å². The maximum atomic E-state index is 5.84. The van der Waals surface area contributed by atoms with Crippen LogP contribution < -0.4 is 10.6 Å². The van der Waals surface area contributed by atoms with E-state index in [1.54, 1.807) is 0 Å². The number of benzene rings is 1. The molecule has 1 aromatic carbocycles. The van der Waals surface area contributed by atoms with Gasteiger partial charge in [-0.1, -0.05) is 22.0 Å². The van der Waals surface area contributed by atoms with Gasteiger partial charge >= 0.3 is 0 Å². The van der Waals surface area contributed by atoms with E-state index in [2.05, 4.69) is 46.0 Å². The zero-order valence-electron chi connectivity index (χ0n) is 10.6. The largest absolute Gasteiger partial charge is 0.369 e. The Bertz CT molecular complexity index is 390. The van der Waals surface area contributed by atoms with Gasteiger partial charge in [0.05, 0.1) is 0 Å². The van der Waals surface area contributed by atoms with Crippen LogP contribution in [0.5, 0.6) is 0 Å². The lowest BCUT2D eigenvalue weighted by molar-refractivity contribution is 0.729. The second-order valence-corrected chi connectivity index (χ2v) is 6.00. The second-order valence-electron chi connectivity index (χ2n) is 5.14. The van der Waals surface area contributed by atoms with Crippen LogP contribution in [-0.4, -0.2) is 18.6 Å². The summed E-state index contributed by atoms with van der Waals surface area (Å²) in [6.45, 7) is 5.53. The first kappa shape index (κ1) is 12.9. The highest BCUT2D eigenvalue weighted by molar-refractivity contribution is 9.10. The molecular formula is C14H21BrN2. The van der Waals surface area contributed by atoms with Crippen molar-refractivity contribution in [3.8, 4) is 0 Å². The number of anilines is 1. The molecule has 2 rings (SSSR count). The van der Waals surface area contributed by atoms with Crippen LogP contribution in [0.1, 0.15) is 32.3 Å². The standard InChI is InChI=1S/C14H21BrN2/c1-10(16)8-12-5-6-13(9-14(12)15)17-7-3-4-11(17)2/h5-6,9-11H,3-4,7-8,16H2,1-2H3. The molecule has 1 fully saturated rings. The molecule has 0 saturated carbocycles. The zero-order valence-corrected chi connectivity index (χ0v) is 12.2. The van der Waals surface area contributed by atoms with Gasteiger partial charge in [-0.25, -0.2) is 0 Å². The maximum absolute atomic E-state index is 5.84. The minimum Gasteiger partial charge on any atom is -0.369 e. The summed E-state index contributed by atoms with van der Waals surface area (Å²) in [5, 5.41) is 0. The zero-order chi connectivity index (χ0) is 12.4. The molecule has 1 aliphatic heterocycles. The topological polar surface area (TPSA) is 29.3 Å². The Morgan fingerprint density at radius 1 is 1.53 bits per heavy atom. The first-order chi connectivity index (χ1) is 8.08. The molecule has 94 valence electrons. The van der Waals surface area contributed by atoms with Gasteiger partial charge < -0.3 is 10.6 Å². The van der Waals surface area contributed by atoms with Gasteiger partial charge in [0.15, 0.2) is 0 Å². The Hall–Kier alpha value is -0.540. The van der Waals surface area contributed by atoms with E-state index in [4.69, 9.17) is 5.73 Å². The van der Waals surface area contributed by atoms with Crippen LogP contribution in [-0.2, 0) is 6.42 Å². The van der Waals surface area contributed by atoms with E-state index in [0.717, 1.165) is 6.42 Å². The van der Waals surface area contributed by atoms with Gasteiger partial charge in [-0.05, 0) is 50.8 Å². The van der Waals surface area contributed by atoms with Crippen LogP contribution in [0.2, 0.25) is 0 Å². The molecule has 0 radical (unpaired) electrons. The summed E-state index contributed by atoms with van der Waals surface area (Å²) < 4.78 is 1.19. The smallest absolute Gasteiger partial charge is 0.0380 e. The second kappa shape index (κ2) is 5.40. The Balaban J connectivity index is 2.18. The third-order valence-electron chi connectivity index (χ3n) is 3.46. The predicted octanol–water partition coefficient (Wildman–Crippen LogP) is 3.33. The summed E-state index contributed by atoms with van der Waals surface area (Å²) in [5.74, 6) is 0. The molecule has 0 aliphatic carbocycles. The van der Waals surface area contributed by atoms with Crippen LogP contribution in [0.15, 0.2) is 22.7 Å². The van der Waals surface area contributed by atoms with Crippen molar-refractivity contribution in [1.29, 1.82) is 0 Å². The van der Waals surface area contributed by atoms with Crippen molar-refractivity contribution in [2.75, 3.05) is 11.4 Å². The first-order valence-electron chi connectivity index (χ1n) is 6.38. The highest BCUT2D eigenvalue weighted by atomic mass is 79.9. The fraction of sp³-hybridized carbons (Fsp3) is 0.571. The summed E-state index contributed by atoms with van der Waals surface area (Å²) in [6.07, 6.45) is 3.54. The van der Waals surface area contributed by atoms with Gasteiger partial charge in [-0.2, -0.15) is 0 Å². The minimum absolute atomic E-state index is 0.211. The molecule has 1 saturated heterocycles. The van der Waals surface area contributed by atoms with Gasteiger partial charge in [0.2, 0.25) is 0 Å². The third kappa shape index (κ3) is 3.02. The Morgan fingerprint density at radius 2 is 2.29 bits per heavy atom. The summed E-state index contributed by atoms with van der Waals surface area (Å²) in [6, 6.07) is 7.54. The van der Waals surface area contributed by atoms with E-state index in [1.807, 2.05) is 6.92 Å². The van der Waals surface area contributed by atoms with Crippen molar-refractivity contribution in [2.24, 2.45) is 5.73 Å². The molecule has 0 amide bonds. The molecule has 1 aliphatic rings. The van der Waals surface area contributed by atoms with Crippen molar-refractivity contribution in [3.05, 3.63) is 28.2 Å². The molecule has 0 aromatic heterocycles. The van der Waals surface area contributed by atoms with Crippen LogP contribution in [0.25, 0.3) is 0 Å². The Morgan fingerprint density at radius 3 is 2.82 bits per heavy atom. The number of halogens is 1. The molecule has 17 heavy (non-hydrogen) atoms. The van der Waals surface area contributed by atoms with Crippen LogP contribution >= 0.6 is 15.9 Å². The Labute approximate surface area is 112 Å². The fourth-order valence-electron chi connectivity index (χ4n) is 2.54. The number of hydrogen-bond acceptors (Lipinski definition) is 2. The lowest BCUT2D eigenvalue weighted by Gasteiger charge is -2.24. The lowest BCUT2D eigenvalue weighted by atomic mass is 10.1. The molecule has 0 bridgehead atoms. The molecule has 0 spiro atoms. The predicted molar refractivity (Wildman–Crippen MR) is 77.5 cm³/mol. The summed E-state index contributed by atoms with van der Waals surface area (Å²) in [7, 11) is 0. The van der Waals surface area contributed by atoms with E-state index < -0.39 is 0 Å². The lowest BCUT2D eigenvalue weighted by Crippen LogP contribution is -2.26. The minimum atomic E-state index is 0.211. The molecule has 2 nitrogen and oxygen atoms in total. The van der Waals surface area contributed by atoms with E-state index in [9.17, 15) is 0 Å². The molecule has 3 heteroatoms. The van der Waals surface area contributed by atoms with Crippen LogP contribution in [0.4, 0.5) is 5.69 Å². The first-order valence-corrected chi connectivity index (χ1v) is 7.18. The fourth-order valence-corrected chi connectivity index (χ4v) is 3.07. The van der Waals surface area contributed by atoms with Gasteiger partial charge in [0.25, 0.3) is 0 Å². The van der Waals surface area contributed by atoms with Crippen molar-refractivity contribution >= 4 is 21.6 Å². The number of rotatable bonds is 3. The normalized spacial score (nSPS) is 21.9. The van der Waals surface area contributed by atoms with Gasteiger partial charge in [0, 0.05) is 28.8 Å². The van der Waals surface area contributed by atoms with Gasteiger partial charge in [0.1, 0.15) is 0 Å². The van der Waals surface area contributed by atoms with Crippen molar-refractivity contribution < 1.29 is 0 Å². The van der Waals surface area contributed by atoms with Gasteiger partial charge in [-0.15, -0.1) is 0 Å². The van der Waals surface area contributed by atoms with Crippen molar-refractivity contribution in [1.82, 2.24) is 0 Å². The van der Waals surface area contributed by atoms with E-state index in [1.165, 1.54) is 35.1 Å². The molecular weight excluding hydrogens is 276 g/mol. The van der Waals surface area contributed by atoms with Gasteiger partial charge in [-0.3, -0.25) is 0 Å². The SMILES string of the molecule is CC(N)Cc1ccc(N2CCCC2C)cc1Br. The number of nitrogens with two attached hydrogens (primary N) is 1. The molecule has 2 unspecified atom stereocenters. The van der Waals surface area contributed by atoms with Crippen molar-refractivity contribution in [2.45, 2.75) is 45.2 Å². The average molecular weight is 297 g/mol. The van der Waals surface area contributed by atoms with Crippen LogP contribution in [0.3, 0.4) is 0 Å². The highest BCUT2D eigenvalue weighted by Gasteiger charge is 2.20. The Kier molecular flexibility index (Phi) is 4.10. The monoisotopic (exact) mass is 296 g/mol.